The highest BCUT2D eigenvalue weighted by atomic mass is 32.2. The van der Waals surface area contributed by atoms with Gasteiger partial charge in [-0.3, -0.25) is 9.59 Å². The number of carbonyl (C=O) groups excluding carboxylic acids is 2. The summed E-state index contributed by atoms with van der Waals surface area (Å²) in [7, 11) is -3.40. The lowest BCUT2D eigenvalue weighted by Crippen LogP contribution is -2.39. The van der Waals surface area contributed by atoms with E-state index in [2.05, 4.69) is 10.6 Å². The minimum absolute atomic E-state index is 0.116. The number of nitrogens with zero attached hydrogens (tertiary/aromatic N) is 1. The lowest BCUT2D eigenvalue weighted by molar-refractivity contribution is -0.125. The summed E-state index contributed by atoms with van der Waals surface area (Å²) in [4.78, 5) is 23.4. The van der Waals surface area contributed by atoms with Gasteiger partial charge in [0.15, 0.2) is 0 Å². The van der Waals surface area contributed by atoms with Crippen molar-refractivity contribution in [3.05, 3.63) is 17.0 Å². The number of carbonyl (C=O) groups is 2. The van der Waals surface area contributed by atoms with E-state index in [9.17, 15) is 18.0 Å². The quantitative estimate of drug-likeness (QED) is 0.562. The number of hydrogen-bond acceptors (Lipinski definition) is 6. The maximum absolute atomic E-state index is 12.6. The van der Waals surface area contributed by atoms with Gasteiger partial charge in [-0.1, -0.05) is 6.42 Å². The van der Waals surface area contributed by atoms with Crippen LogP contribution in [-0.2, 0) is 26.0 Å². The molecule has 10 heteroatoms. The number of rotatable bonds is 8. The van der Waals surface area contributed by atoms with Gasteiger partial charge in [-0.15, -0.1) is 11.3 Å². The minimum Gasteiger partial charge on any atom is -0.354 e. The fraction of sp³-hybridized carbons (Fsp3) is 0.600. The molecular formula is C15H24N4O4S2. The van der Waals surface area contributed by atoms with E-state index < -0.39 is 10.0 Å². The maximum Gasteiger partial charge on any atom is 0.252 e. The summed E-state index contributed by atoms with van der Waals surface area (Å²) in [6.07, 6.45) is 3.43. The molecule has 8 nitrogen and oxygen atoms in total. The Bertz CT molecular complexity index is 696. The molecule has 4 N–H and O–H groups in total. The van der Waals surface area contributed by atoms with Crippen molar-refractivity contribution in [1.29, 1.82) is 0 Å². The maximum atomic E-state index is 12.6. The summed E-state index contributed by atoms with van der Waals surface area (Å²) in [5.41, 5.74) is 5.13. The van der Waals surface area contributed by atoms with Crippen molar-refractivity contribution in [2.75, 3.05) is 32.7 Å². The van der Waals surface area contributed by atoms with Crippen molar-refractivity contribution in [3.8, 4) is 0 Å². The van der Waals surface area contributed by atoms with Crippen LogP contribution in [0.4, 0.5) is 0 Å². The predicted molar refractivity (Wildman–Crippen MR) is 95.7 cm³/mol. The van der Waals surface area contributed by atoms with Gasteiger partial charge in [0.05, 0.1) is 13.1 Å². The van der Waals surface area contributed by atoms with Crippen LogP contribution in [0.2, 0.25) is 0 Å². The van der Waals surface area contributed by atoms with Crippen molar-refractivity contribution in [3.63, 3.8) is 0 Å². The third-order valence-electron chi connectivity index (χ3n) is 3.87. The highest BCUT2D eigenvalue weighted by molar-refractivity contribution is 7.91. The molecule has 2 heterocycles. The smallest absolute Gasteiger partial charge is 0.252 e. The van der Waals surface area contributed by atoms with Crippen LogP contribution in [0.3, 0.4) is 0 Å². The van der Waals surface area contributed by atoms with Crippen molar-refractivity contribution in [2.24, 2.45) is 5.73 Å². The topological polar surface area (TPSA) is 122 Å². The van der Waals surface area contributed by atoms with Gasteiger partial charge < -0.3 is 16.4 Å². The summed E-state index contributed by atoms with van der Waals surface area (Å²) in [5, 5.41) is 5.06. The number of nitrogens with one attached hydrogen (secondary N) is 2. The molecule has 1 aromatic rings. The third-order valence-corrected chi connectivity index (χ3v) is 7.38. The van der Waals surface area contributed by atoms with E-state index in [4.69, 9.17) is 5.73 Å². The largest absolute Gasteiger partial charge is 0.354 e. The Hall–Kier alpha value is -1.49. The van der Waals surface area contributed by atoms with E-state index >= 15 is 0 Å². The van der Waals surface area contributed by atoms with Crippen LogP contribution in [0.1, 0.15) is 24.1 Å². The molecule has 1 aliphatic rings. The van der Waals surface area contributed by atoms with Gasteiger partial charge in [-0.25, -0.2) is 8.42 Å². The molecular weight excluding hydrogens is 364 g/mol. The number of nitrogens with two attached hydrogens (primary N) is 1. The number of piperidine rings is 1. The predicted octanol–water partition coefficient (Wildman–Crippen LogP) is -0.344. The van der Waals surface area contributed by atoms with Crippen LogP contribution >= 0.6 is 11.3 Å². The van der Waals surface area contributed by atoms with Gasteiger partial charge in [0.25, 0.3) is 10.0 Å². The van der Waals surface area contributed by atoms with E-state index in [0.29, 0.717) is 30.3 Å². The van der Waals surface area contributed by atoms with Gasteiger partial charge >= 0.3 is 0 Å². The molecule has 0 aromatic carbocycles. The van der Waals surface area contributed by atoms with Gasteiger partial charge in [0, 0.05) is 24.5 Å². The minimum atomic E-state index is -3.40. The zero-order valence-corrected chi connectivity index (χ0v) is 15.6. The van der Waals surface area contributed by atoms with Crippen LogP contribution in [0.15, 0.2) is 16.3 Å². The average Bonchev–Trinajstić information content (AvgIpc) is 3.10. The van der Waals surface area contributed by atoms with Crippen molar-refractivity contribution >= 4 is 33.2 Å². The highest BCUT2D eigenvalue weighted by Crippen LogP contribution is 2.27. The van der Waals surface area contributed by atoms with E-state index in [-0.39, 0.29) is 24.9 Å². The molecule has 0 atom stereocenters. The summed E-state index contributed by atoms with van der Waals surface area (Å²) in [5.74, 6) is -0.694. The molecule has 0 bridgehead atoms. The van der Waals surface area contributed by atoms with Gasteiger partial charge in [0.2, 0.25) is 11.8 Å². The third kappa shape index (κ3) is 5.77. The number of amides is 2. The lowest BCUT2D eigenvalue weighted by atomic mass is 10.2. The first-order valence-electron chi connectivity index (χ1n) is 8.26. The first kappa shape index (κ1) is 19.8. The Balaban J connectivity index is 1.81. The lowest BCUT2D eigenvalue weighted by Gasteiger charge is -2.25. The van der Waals surface area contributed by atoms with Crippen molar-refractivity contribution in [1.82, 2.24) is 14.9 Å². The normalized spacial score (nSPS) is 15.7. The standard InChI is InChI=1S/C15H24N4O4S2/c16-10-13(20)18-11-14(21)17-7-6-12-4-5-15(24-12)25(22,23)19-8-2-1-3-9-19/h4-5H,1-3,6-11,16H2,(H,17,21)(H,18,20). The monoisotopic (exact) mass is 388 g/mol. The summed E-state index contributed by atoms with van der Waals surface area (Å²) < 4.78 is 27.1. The molecule has 0 aliphatic carbocycles. The Labute approximate surface area is 151 Å². The second-order valence-electron chi connectivity index (χ2n) is 5.77. The molecule has 140 valence electrons. The molecule has 25 heavy (non-hydrogen) atoms. The molecule has 0 radical (unpaired) electrons. The first-order chi connectivity index (χ1) is 11.9. The van der Waals surface area contributed by atoms with Crippen LogP contribution < -0.4 is 16.4 Å². The van der Waals surface area contributed by atoms with E-state index in [1.807, 2.05) is 0 Å². The fourth-order valence-electron chi connectivity index (χ4n) is 2.50. The fourth-order valence-corrected chi connectivity index (χ4v) is 5.53. The van der Waals surface area contributed by atoms with E-state index in [0.717, 1.165) is 24.1 Å². The Morgan fingerprint density at radius 2 is 1.84 bits per heavy atom. The number of sulfonamides is 1. The van der Waals surface area contributed by atoms with E-state index in [1.165, 1.54) is 11.3 Å². The Morgan fingerprint density at radius 1 is 1.12 bits per heavy atom. The molecule has 2 amide bonds. The SMILES string of the molecule is NCC(=O)NCC(=O)NCCc1ccc(S(=O)(=O)N2CCCCC2)s1. The van der Waals surface area contributed by atoms with Gasteiger partial charge in [-0.05, 0) is 31.4 Å². The zero-order valence-electron chi connectivity index (χ0n) is 14.0. The van der Waals surface area contributed by atoms with Crippen molar-refractivity contribution < 1.29 is 18.0 Å². The summed E-state index contributed by atoms with van der Waals surface area (Å²) >= 11 is 1.24. The molecule has 1 fully saturated rings. The van der Waals surface area contributed by atoms with Gasteiger partial charge in [-0.2, -0.15) is 4.31 Å². The molecule has 1 saturated heterocycles. The Kier molecular flexibility index (Phi) is 7.36. The summed E-state index contributed by atoms with van der Waals surface area (Å²) in [6.45, 7) is 1.27. The zero-order chi connectivity index (χ0) is 18.3. The molecule has 1 aromatic heterocycles. The van der Waals surface area contributed by atoms with Crippen molar-refractivity contribution in [2.45, 2.75) is 29.9 Å². The van der Waals surface area contributed by atoms with Crippen LogP contribution in [-0.4, -0.2) is 57.3 Å². The highest BCUT2D eigenvalue weighted by Gasteiger charge is 2.27. The Morgan fingerprint density at radius 3 is 2.52 bits per heavy atom. The first-order valence-corrected chi connectivity index (χ1v) is 10.5. The number of thiophene rings is 1. The molecule has 0 spiro atoms. The molecule has 1 aliphatic heterocycles. The number of hydrogen-bond donors (Lipinski definition) is 3. The summed E-state index contributed by atoms with van der Waals surface area (Å²) in [6, 6.07) is 3.41. The average molecular weight is 389 g/mol. The molecule has 2 rings (SSSR count). The second kappa shape index (κ2) is 9.27. The van der Waals surface area contributed by atoms with Gasteiger partial charge in [0.1, 0.15) is 4.21 Å². The molecule has 0 saturated carbocycles. The van der Waals surface area contributed by atoms with Crippen LogP contribution in [0.25, 0.3) is 0 Å². The molecule has 0 unspecified atom stereocenters. The van der Waals surface area contributed by atoms with E-state index in [1.54, 1.807) is 16.4 Å². The van der Waals surface area contributed by atoms with Crippen LogP contribution in [0.5, 0.6) is 0 Å². The second-order valence-corrected chi connectivity index (χ2v) is 9.10. The van der Waals surface area contributed by atoms with Crippen LogP contribution in [0, 0.1) is 0 Å².